The molecule has 1 amide bonds. The van der Waals surface area contributed by atoms with Crippen molar-refractivity contribution in [3.63, 3.8) is 0 Å². The first kappa shape index (κ1) is 19.5. The average Bonchev–Trinajstić information content (AvgIpc) is 3.00. The molecule has 0 fully saturated rings. The van der Waals surface area contributed by atoms with Crippen molar-refractivity contribution in [3.05, 3.63) is 36.0 Å². The number of para-hydroxylation sites is 1. The van der Waals surface area contributed by atoms with Gasteiger partial charge in [-0.15, -0.1) is 0 Å². The summed E-state index contributed by atoms with van der Waals surface area (Å²) in [7, 11) is 0. The number of nitrogens with zero attached hydrogens (tertiary/aromatic N) is 1. The Labute approximate surface area is 152 Å². The van der Waals surface area contributed by atoms with Crippen LogP contribution >= 0.6 is 12.2 Å². The van der Waals surface area contributed by atoms with Gasteiger partial charge in [0.1, 0.15) is 19.1 Å². The number of carbonyl (C=O) groups excluding carboxylic acids is 1. The fourth-order valence-electron chi connectivity index (χ4n) is 2.37. The Kier molecular flexibility index (Phi) is 6.41. The number of rotatable bonds is 6. The van der Waals surface area contributed by atoms with Crippen LogP contribution in [-0.4, -0.2) is 41.3 Å². The van der Waals surface area contributed by atoms with E-state index in [-0.39, 0.29) is 18.1 Å². The zero-order chi connectivity index (χ0) is 19.2. The van der Waals surface area contributed by atoms with Gasteiger partial charge >= 0.3 is 6.18 Å². The second-order valence-corrected chi connectivity index (χ2v) is 5.84. The number of nitriles is 1. The SMILES string of the molecule is N#CCNC(=O)C(Cc1c[nH]c2ccccc12)NC(=S)NCC(F)(F)F. The number of benzene rings is 1. The highest BCUT2D eigenvalue weighted by atomic mass is 32.1. The van der Waals surface area contributed by atoms with E-state index in [4.69, 9.17) is 17.5 Å². The second-order valence-electron chi connectivity index (χ2n) is 5.43. The van der Waals surface area contributed by atoms with Crippen molar-refractivity contribution >= 4 is 34.1 Å². The van der Waals surface area contributed by atoms with Crippen LogP contribution < -0.4 is 16.0 Å². The van der Waals surface area contributed by atoms with Gasteiger partial charge in [-0.1, -0.05) is 18.2 Å². The molecule has 0 spiro atoms. The first-order chi connectivity index (χ1) is 12.3. The number of H-pyrrole nitrogens is 1. The Hall–Kier alpha value is -2.80. The summed E-state index contributed by atoms with van der Waals surface area (Å²) in [5.41, 5.74) is 1.67. The van der Waals surface area contributed by atoms with Crippen LogP contribution in [0.5, 0.6) is 0 Å². The van der Waals surface area contributed by atoms with Crippen molar-refractivity contribution in [3.8, 4) is 6.07 Å². The molecule has 1 atom stereocenters. The van der Waals surface area contributed by atoms with E-state index in [1.54, 1.807) is 12.3 Å². The van der Waals surface area contributed by atoms with Crippen molar-refractivity contribution in [1.82, 2.24) is 20.9 Å². The summed E-state index contributed by atoms with van der Waals surface area (Å²) in [5, 5.41) is 16.2. The molecule has 0 saturated carbocycles. The minimum Gasteiger partial charge on any atom is -0.361 e. The third-order valence-electron chi connectivity index (χ3n) is 3.51. The minimum atomic E-state index is -4.43. The molecule has 1 unspecified atom stereocenters. The normalized spacial score (nSPS) is 12.2. The van der Waals surface area contributed by atoms with Gasteiger partial charge in [0.25, 0.3) is 0 Å². The lowest BCUT2D eigenvalue weighted by Gasteiger charge is -2.20. The third-order valence-corrected chi connectivity index (χ3v) is 3.77. The molecule has 1 heterocycles. The molecule has 2 aromatic rings. The van der Waals surface area contributed by atoms with Crippen molar-refractivity contribution in [2.45, 2.75) is 18.6 Å². The lowest BCUT2D eigenvalue weighted by molar-refractivity contribution is -0.122. The standard InChI is InChI=1S/C16H16F3N5OS/c17-16(18,19)9-23-15(26)24-13(14(25)21-6-5-20)7-10-8-22-12-4-2-1-3-11(10)12/h1-4,8,13,22H,6-7,9H2,(H,21,25)(H2,23,24,26). The van der Waals surface area contributed by atoms with Crippen molar-refractivity contribution in [2.24, 2.45) is 0 Å². The number of nitrogens with one attached hydrogen (secondary N) is 4. The van der Waals surface area contributed by atoms with Gasteiger partial charge in [0.05, 0.1) is 6.07 Å². The highest BCUT2D eigenvalue weighted by Crippen LogP contribution is 2.19. The molecule has 0 saturated heterocycles. The van der Waals surface area contributed by atoms with E-state index >= 15 is 0 Å². The zero-order valence-corrected chi connectivity index (χ0v) is 14.3. The van der Waals surface area contributed by atoms with Crippen LogP contribution in [0.15, 0.2) is 30.5 Å². The summed E-state index contributed by atoms with van der Waals surface area (Å²) in [6.07, 6.45) is -2.53. The number of carbonyl (C=O) groups is 1. The summed E-state index contributed by atoms with van der Waals surface area (Å²) in [5.74, 6) is -0.534. The number of aromatic amines is 1. The molecule has 1 aromatic heterocycles. The summed E-state index contributed by atoms with van der Waals surface area (Å²) < 4.78 is 36.9. The molecule has 10 heteroatoms. The number of halogens is 3. The lowest BCUT2D eigenvalue weighted by Crippen LogP contribution is -2.52. The Morgan fingerprint density at radius 2 is 2.04 bits per heavy atom. The first-order valence-corrected chi connectivity index (χ1v) is 8.02. The first-order valence-electron chi connectivity index (χ1n) is 7.61. The Bertz CT molecular complexity index is 827. The molecule has 0 bridgehead atoms. The number of hydrogen-bond donors (Lipinski definition) is 4. The van der Waals surface area contributed by atoms with Crippen LogP contribution in [0.3, 0.4) is 0 Å². The van der Waals surface area contributed by atoms with Crippen LogP contribution in [0.2, 0.25) is 0 Å². The fourth-order valence-corrected chi connectivity index (χ4v) is 2.58. The maximum absolute atomic E-state index is 12.3. The number of thiocarbonyl (C=S) groups is 1. The van der Waals surface area contributed by atoms with E-state index in [1.165, 1.54) is 0 Å². The summed E-state index contributed by atoms with van der Waals surface area (Å²) >= 11 is 4.85. The van der Waals surface area contributed by atoms with E-state index in [0.29, 0.717) is 0 Å². The number of fused-ring (bicyclic) bond motifs is 1. The van der Waals surface area contributed by atoms with Gasteiger partial charge < -0.3 is 20.9 Å². The van der Waals surface area contributed by atoms with E-state index in [0.717, 1.165) is 16.5 Å². The van der Waals surface area contributed by atoms with Gasteiger partial charge in [-0.2, -0.15) is 18.4 Å². The van der Waals surface area contributed by atoms with Gasteiger partial charge in [-0.3, -0.25) is 4.79 Å². The third kappa shape index (κ3) is 5.63. The summed E-state index contributed by atoms with van der Waals surface area (Å²) in [6, 6.07) is 8.27. The van der Waals surface area contributed by atoms with Crippen molar-refractivity contribution < 1.29 is 18.0 Å². The molecule has 2 rings (SSSR count). The molecule has 6 nitrogen and oxygen atoms in total. The topological polar surface area (TPSA) is 92.7 Å². The molecule has 138 valence electrons. The van der Waals surface area contributed by atoms with E-state index in [1.807, 2.05) is 29.6 Å². The molecule has 0 aliphatic heterocycles. The molecule has 4 N–H and O–H groups in total. The molecule has 26 heavy (non-hydrogen) atoms. The van der Waals surface area contributed by atoms with Gasteiger partial charge in [-0.05, 0) is 23.8 Å². The van der Waals surface area contributed by atoms with Crippen LogP contribution in [-0.2, 0) is 11.2 Å². The fraction of sp³-hybridized carbons (Fsp3) is 0.312. The van der Waals surface area contributed by atoms with Crippen LogP contribution in [0.1, 0.15) is 5.56 Å². The Morgan fingerprint density at radius 1 is 1.31 bits per heavy atom. The predicted molar refractivity (Wildman–Crippen MR) is 94.2 cm³/mol. The Morgan fingerprint density at radius 3 is 2.73 bits per heavy atom. The van der Waals surface area contributed by atoms with Crippen LogP contribution in [0.25, 0.3) is 10.9 Å². The van der Waals surface area contributed by atoms with Crippen molar-refractivity contribution in [1.29, 1.82) is 5.26 Å². The quantitative estimate of drug-likeness (QED) is 0.451. The smallest absolute Gasteiger partial charge is 0.361 e. The number of hydrogen-bond acceptors (Lipinski definition) is 3. The minimum absolute atomic E-state index is 0.176. The van der Waals surface area contributed by atoms with Gasteiger partial charge in [0.15, 0.2) is 5.11 Å². The molecular weight excluding hydrogens is 367 g/mol. The van der Waals surface area contributed by atoms with Gasteiger partial charge in [0.2, 0.25) is 5.91 Å². The van der Waals surface area contributed by atoms with E-state index < -0.39 is 24.7 Å². The number of amides is 1. The summed E-state index contributed by atoms with van der Waals surface area (Å²) in [4.78, 5) is 15.3. The molecular formula is C16H16F3N5OS. The molecule has 0 aliphatic rings. The average molecular weight is 383 g/mol. The molecule has 0 radical (unpaired) electrons. The molecule has 1 aromatic carbocycles. The lowest BCUT2D eigenvalue weighted by atomic mass is 10.0. The van der Waals surface area contributed by atoms with Crippen molar-refractivity contribution in [2.75, 3.05) is 13.1 Å². The van der Waals surface area contributed by atoms with E-state index in [9.17, 15) is 18.0 Å². The maximum Gasteiger partial charge on any atom is 0.405 e. The van der Waals surface area contributed by atoms with Gasteiger partial charge in [0, 0.05) is 23.5 Å². The maximum atomic E-state index is 12.3. The zero-order valence-electron chi connectivity index (χ0n) is 13.5. The highest BCUT2D eigenvalue weighted by Gasteiger charge is 2.28. The van der Waals surface area contributed by atoms with E-state index in [2.05, 4.69) is 15.6 Å². The molecule has 0 aliphatic carbocycles. The Balaban J connectivity index is 2.12. The highest BCUT2D eigenvalue weighted by molar-refractivity contribution is 7.80. The second kappa shape index (κ2) is 8.53. The number of aromatic nitrogens is 1. The predicted octanol–water partition coefficient (Wildman–Crippen LogP) is 1.75. The van der Waals surface area contributed by atoms with Crippen LogP contribution in [0, 0.1) is 11.3 Å². The summed E-state index contributed by atoms with van der Waals surface area (Å²) in [6.45, 7) is -1.52. The monoisotopic (exact) mass is 383 g/mol. The number of alkyl halides is 3. The largest absolute Gasteiger partial charge is 0.405 e. The van der Waals surface area contributed by atoms with Crippen LogP contribution in [0.4, 0.5) is 13.2 Å². The van der Waals surface area contributed by atoms with Gasteiger partial charge in [-0.25, -0.2) is 0 Å².